The number of carbonyl (C=O) groups is 1. The summed E-state index contributed by atoms with van der Waals surface area (Å²) in [6.07, 6.45) is 2.46. The summed E-state index contributed by atoms with van der Waals surface area (Å²) in [5.41, 5.74) is 0.582. The average molecular weight is 332 g/mol. The van der Waals surface area contributed by atoms with Gasteiger partial charge in [-0.3, -0.25) is 4.79 Å². The maximum atomic E-state index is 10.7. The quantitative estimate of drug-likeness (QED) is 0.456. The monoisotopic (exact) mass is 332 g/mol. The number of rotatable bonds is 6. The van der Waals surface area contributed by atoms with Crippen LogP contribution in [0.5, 0.6) is 11.5 Å². The van der Waals surface area contributed by atoms with Crippen LogP contribution >= 0.6 is 22.6 Å². The second-order valence-electron chi connectivity index (χ2n) is 2.98. The van der Waals surface area contributed by atoms with Crippen molar-refractivity contribution in [3.05, 3.63) is 33.9 Å². The summed E-state index contributed by atoms with van der Waals surface area (Å²) in [5.74, 6) is 1.26. The Hall–Kier alpha value is -1.04. The van der Waals surface area contributed by atoms with Gasteiger partial charge >= 0.3 is 0 Å². The molecule has 0 radical (unpaired) electrons. The molecule has 0 aliphatic carbocycles. The summed E-state index contributed by atoms with van der Waals surface area (Å²) in [4.78, 5) is 10.7. The summed E-state index contributed by atoms with van der Waals surface area (Å²) >= 11 is 2.12. The molecule has 0 amide bonds. The second-order valence-corrected chi connectivity index (χ2v) is 4.14. The van der Waals surface area contributed by atoms with E-state index in [1.54, 1.807) is 18.2 Å². The molecule has 16 heavy (non-hydrogen) atoms. The maximum Gasteiger partial charge on any atom is 0.174 e. The van der Waals surface area contributed by atoms with E-state index < -0.39 is 0 Å². The zero-order valence-electron chi connectivity index (χ0n) is 9.03. The summed E-state index contributed by atoms with van der Waals surface area (Å²) < 4.78 is 11.8. The van der Waals surface area contributed by atoms with Gasteiger partial charge in [0, 0.05) is 5.56 Å². The van der Waals surface area contributed by atoms with Crippen LogP contribution in [0, 0.1) is 3.57 Å². The van der Waals surface area contributed by atoms with Gasteiger partial charge in [-0.15, -0.1) is 0 Å². The molecule has 0 aliphatic heterocycles. The van der Waals surface area contributed by atoms with Crippen LogP contribution in [0.2, 0.25) is 0 Å². The lowest BCUT2D eigenvalue weighted by atomic mass is 10.2. The molecule has 0 heterocycles. The molecule has 0 atom stereocenters. The molecule has 0 aliphatic rings. The van der Waals surface area contributed by atoms with E-state index in [1.165, 1.54) is 0 Å². The van der Waals surface area contributed by atoms with E-state index in [4.69, 9.17) is 9.47 Å². The molecular formula is C12H13IO3. The van der Waals surface area contributed by atoms with Crippen LogP contribution in [-0.2, 0) is 0 Å². The fourth-order valence-corrected chi connectivity index (χ4v) is 1.98. The Bertz CT molecular complexity index is 388. The molecule has 0 saturated heterocycles. The van der Waals surface area contributed by atoms with Gasteiger partial charge in [0.1, 0.15) is 12.9 Å². The highest BCUT2D eigenvalue weighted by Crippen LogP contribution is 2.33. The van der Waals surface area contributed by atoms with E-state index in [2.05, 4.69) is 29.2 Å². The maximum absolute atomic E-state index is 10.7. The number of aldehydes is 1. The number of ether oxygens (including phenoxy) is 2. The number of hydrogen-bond donors (Lipinski definition) is 0. The first kappa shape index (κ1) is 13.0. The van der Waals surface area contributed by atoms with Gasteiger partial charge in [-0.05, 0) is 41.6 Å². The van der Waals surface area contributed by atoms with Gasteiger partial charge in [0.25, 0.3) is 0 Å². The fraction of sp³-hybridized carbons (Fsp3) is 0.250. The van der Waals surface area contributed by atoms with Gasteiger partial charge < -0.3 is 9.47 Å². The van der Waals surface area contributed by atoms with Crippen LogP contribution in [0.15, 0.2) is 24.8 Å². The van der Waals surface area contributed by atoms with Crippen molar-refractivity contribution in [3.8, 4) is 11.5 Å². The predicted octanol–water partition coefficient (Wildman–Crippen LogP) is 3.07. The van der Waals surface area contributed by atoms with Crippen molar-refractivity contribution < 1.29 is 14.3 Å². The molecule has 0 N–H and O–H groups in total. The largest absolute Gasteiger partial charge is 0.490 e. The fourth-order valence-electron chi connectivity index (χ4n) is 1.20. The minimum Gasteiger partial charge on any atom is -0.490 e. The highest BCUT2D eigenvalue weighted by molar-refractivity contribution is 14.1. The van der Waals surface area contributed by atoms with Crippen LogP contribution in [0.4, 0.5) is 0 Å². The minimum absolute atomic E-state index is 0.413. The predicted molar refractivity (Wildman–Crippen MR) is 71.4 cm³/mol. The Morgan fingerprint density at radius 3 is 2.75 bits per heavy atom. The van der Waals surface area contributed by atoms with E-state index in [9.17, 15) is 4.79 Å². The van der Waals surface area contributed by atoms with Gasteiger partial charge in [-0.25, -0.2) is 0 Å². The standard InChI is InChI=1S/C12H13IO3/c1-3-5-16-12-10(13)6-9(8-14)7-11(12)15-4-2/h3,6-8H,1,4-5H2,2H3. The van der Waals surface area contributed by atoms with Crippen molar-refractivity contribution >= 4 is 28.9 Å². The smallest absolute Gasteiger partial charge is 0.174 e. The topological polar surface area (TPSA) is 35.5 Å². The van der Waals surface area contributed by atoms with Crippen LogP contribution in [0.1, 0.15) is 17.3 Å². The van der Waals surface area contributed by atoms with Gasteiger partial charge in [-0.2, -0.15) is 0 Å². The Labute approximate surface area is 109 Å². The molecule has 0 spiro atoms. The zero-order valence-corrected chi connectivity index (χ0v) is 11.2. The van der Waals surface area contributed by atoms with Crippen molar-refractivity contribution in [2.24, 2.45) is 0 Å². The third kappa shape index (κ3) is 3.23. The zero-order chi connectivity index (χ0) is 12.0. The Morgan fingerprint density at radius 1 is 1.44 bits per heavy atom. The molecule has 1 aromatic carbocycles. The average Bonchev–Trinajstić information content (AvgIpc) is 2.28. The van der Waals surface area contributed by atoms with Gasteiger partial charge in [0.15, 0.2) is 11.5 Å². The minimum atomic E-state index is 0.413. The molecule has 0 unspecified atom stereocenters. The third-order valence-corrected chi connectivity index (χ3v) is 2.61. The highest BCUT2D eigenvalue weighted by Gasteiger charge is 2.11. The normalized spacial score (nSPS) is 9.62. The van der Waals surface area contributed by atoms with Gasteiger partial charge in [0.05, 0.1) is 10.2 Å². The molecule has 1 rings (SSSR count). The van der Waals surface area contributed by atoms with Crippen LogP contribution in [-0.4, -0.2) is 19.5 Å². The van der Waals surface area contributed by atoms with Gasteiger partial charge in [0.2, 0.25) is 0 Å². The van der Waals surface area contributed by atoms with Crippen molar-refractivity contribution in [3.63, 3.8) is 0 Å². The SMILES string of the molecule is C=CCOc1c(I)cc(C=O)cc1OCC. The molecule has 0 aromatic heterocycles. The Balaban J connectivity index is 3.10. The lowest BCUT2D eigenvalue weighted by molar-refractivity contribution is 0.112. The number of carbonyl (C=O) groups excluding carboxylic acids is 1. The summed E-state index contributed by atoms with van der Waals surface area (Å²) in [6.45, 7) is 6.42. The molecule has 3 nitrogen and oxygen atoms in total. The van der Waals surface area contributed by atoms with Crippen LogP contribution < -0.4 is 9.47 Å². The third-order valence-electron chi connectivity index (χ3n) is 1.81. The molecule has 4 heteroatoms. The van der Waals surface area contributed by atoms with Crippen molar-refractivity contribution in [1.82, 2.24) is 0 Å². The first-order chi connectivity index (χ1) is 7.72. The summed E-state index contributed by atoms with van der Waals surface area (Å²) in [7, 11) is 0. The van der Waals surface area contributed by atoms with Gasteiger partial charge in [-0.1, -0.05) is 12.7 Å². The number of halogens is 1. The molecule has 0 fully saturated rings. The molecule has 0 bridgehead atoms. The van der Waals surface area contributed by atoms with E-state index in [-0.39, 0.29) is 0 Å². The van der Waals surface area contributed by atoms with E-state index >= 15 is 0 Å². The molecular weight excluding hydrogens is 319 g/mol. The first-order valence-electron chi connectivity index (χ1n) is 4.88. The molecule has 0 saturated carbocycles. The first-order valence-corrected chi connectivity index (χ1v) is 5.96. The summed E-state index contributed by atoms with van der Waals surface area (Å²) in [5, 5.41) is 0. The number of benzene rings is 1. The van der Waals surface area contributed by atoms with Crippen LogP contribution in [0.3, 0.4) is 0 Å². The van der Waals surface area contributed by atoms with Crippen LogP contribution in [0.25, 0.3) is 0 Å². The van der Waals surface area contributed by atoms with E-state index in [1.807, 2.05) is 6.92 Å². The number of hydrogen-bond acceptors (Lipinski definition) is 3. The van der Waals surface area contributed by atoms with Crippen molar-refractivity contribution in [1.29, 1.82) is 0 Å². The van der Waals surface area contributed by atoms with E-state index in [0.717, 1.165) is 9.86 Å². The molecule has 1 aromatic rings. The Morgan fingerprint density at radius 2 is 2.19 bits per heavy atom. The summed E-state index contributed by atoms with van der Waals surface area (Å²) in [6, 6.07) is 3.44. The van der Waals surface area contributed by atoms with E-state index in [0.29, 0.717) is 30.3 Å². The van der Waals surface area contributed by atoms with Crippen molar-refractivity contribution in [2.75, 3.05) is 13.2 Å². The Kier molecular flexibility index (Phi) is 5.31. The highest BCUT2D eigenvalue weighted by atomic mass is 127. The second kappa shape index (κ2) is 6.52. The molecule has 86 valence electrons. The lowest BCUT2D eigenvalue weighted by Crippen LogP contribution is -2.01. The lowest BCUT2D eigenvalue weighted by Gasteiger charge is -2.13. The van der Waals surface area contributed by atoms with Crippen molar-refractivity contribution in [2.45, 2.75) is 6.92 Å².